The summed E-state index contributed by atoms with van der Waals surface area (Å²) in [5.41, 5.74) is 13.4. The van der Waals surface area contributed by atoms with Gasteiger partial charge in [-0.3, -0.25) is 0 Å². The molecule has 1 nitrogen and oxygen atoms in total. The third kappa shape index (κ3) is 4.87. The third-order valence-corrected chi connectivity index (χ3v) is 12.2. The van der Waals surface area contributed by atoms with Crippen LogP contribution in [0.4, 0.5) is 17.1 Å². The van der Waals surface area contributed by atoms with Gasteiger partial charge in [-0.05, 0) is 118 Å². The monoisotopic (exact) mass is 713 g/mol. The molecule has 0 radical (unpaired) electrons. The molecule has 0 saturated carbocycles. The molecule has 0 saturated heterocycles. The van der Waals surface area contributed by atoms with E-state index in [1.54, 1.807) is 0 Å². The Hall–Kier alpha value is -6.96. The first-order chi connectivity index (χ1) is 27.6. The van der Waals surface area contributed by atoms with Gasteiger partial charge in [-0.25, -0.2) is 0 Å². The van der Waals surface area contributed by atoms with Gasteiger partial charge in [-0.2, -0.15) is 0 Å². The fourth-order valence-corrected chi connectivity index (χ4v) is 9.66. The van der Waals surface area contributed by atoms with Crippen LogP contribution in [0.5, 0.6) is 0 Å². The highest BCUT2D eigenvalue weighted by molar-refractivity contribution is 6.26. The van der Waals surface area contributed by atoms with Crippen LogP contribution in [-0.4, -0.2) is 0 Å². The van der Waals surface area contributed by atoms with E-state index in [9.17, 15) is 0 Å². The van der Waals surface area contributed by atoms with Gasteiger partial charge < -0.3 is 4.90 Å². The van der Waals surface area contributed by atoms with Crippen molar-refractivity contribution in [2.75, 3.05) is 4.90 Å². The van der Waals surface area contributed by atoms with Crippen LogP contribution in [0.1, 0.15) is 25.0 Å². The van der Waals surface area contributed by atoms with Gasteiger partial charge in [-0.1, -0.05) is 184 Å². The van der Waals surface area contributed by atoms with Crippen LogP contribution >= 0.6 is 0 Å². The SMILES string of the molecule is CC1(C)c2c(cccc2N(c2ccc(-c3ccccc3)cc2)c2ccc3c4ccccc4c4ccccc4c3c2)-c2c(-c3ccccc3)ccc3cccc1c23. The fourth-order valence-electron chi connectivity index (χ4n) is 9.66. The maximum Gasteiger partial charge on any atom is 0.0508 e. The highest BCUT2D eigenvalue weighted by atomic mass is 15.1. The average molecular weight is 714 g/mol. The molecule has 1 aliphatic rings. The molecule has 0 N–H and O–H groups in total. The largest absolute Gasteiger partial charge is 0.310 e. The van der Waals surface area contributed by atoms with E-state index in [2.05, 4.69) is 219 Å². The molecule has 0 unspecified atom stereocenters. The molecule has 10 aromatic rings. The molecule has 0 aliphatic heterocycles. The minimum absolute atomic E-state index is 0.296. The van der Waals surface area contributed by atoms with E-state index >= 15 is 0 Å². The van der Waals surface area contributed by atoms with E-state index < -0.39 is 0 Å². The van der Waals surface area contributed by atoms with Crippen molar-refractivity contribution in [3.05, 3.63) is 211 Å². The highest BCUT2D eigenvalue weighted by Crippen LogP contribution is 2.56. The standard InChI is InChI=1S/C55H39N/c1-55(2)50-25-13-19-39-29-33-42(38-17-7-4-8-18-38)53(52(39)50)48-24-14-26-51(54(48)55)56(40-30-27-37(28-31-40)36-15-5-3-6-16-36)41-32-34-47-45-22-10-9-20-43(45)44-21-11-12-23-46(44)49(47)35-41/h3-35H,1-2H3. The van der Waals surface area contributed by atoms with Gasteiger partial charge in [0, 0.05) is 16.8 Å². The van der Waals surface area contributed by atoms with Crippen LogP contribution in [0, 0.1) is 0 Å². The summed E-state index contributed by atoms with van der Waals surface area (Å²) >= 11 is 0. The van der Waals surface area contributed by atoms with Crippen LogP contribution < -0.4 is 4.90 Å². The average Bonchev–Trinajstić information content (AvgIpc) is 3.26. The molecule has 264 valence electrons. The predicted octanol–water partition coefficient (Wildman–Crippen LogP) is 15.4. The van der Waals surface area contributed by atoms with Crippen molar-refractivity contribution in [2.24, 2.45) is 0 Å². The normalized spacial score (nSPS) is 13.0. The van der Waals surface area contributed by atoms with E-state index in [1.165, 1.54) is 93.3 Å². The molecule has 1 aliphatic carbocycles. The maximum atomic E-state index is 2.51. The summed E-state index contributed by atoms with van der Waals surface area (Å²) in [5, 5.41) is 10.3. The summed E-state index contributed by atoms with van der Waals surface area (Å²) in [5.74, 6) is 0. The Bertz CT molecular complexity index is 3100. The van der Waals surface area contributed by atoms with Crippen LogP contribution in [0.3, 0.4) is 0 Å². The Morgan fingerprint density at radius 3 is 1.61 bits per heavy atom. The minimum Gasteiger partial charge on any atom is -0.310 e. The van der Waals surface area contributed by atoms with Crippen molar-refractivity contribution in [3.8, 4) is 33.4 Å². The Kier molecular flexibility index (Phi) is 7.28. The van der Waals surface area contributed by atoms with Crippen molar-refractivity contribution in [1.82, 2.24) is 0 Å². The molecular formula is C55H39N. The molecule has 56 heavy (non-hydrogen) atoms. The lowest BCUT2D eigenvalue weighted by molar-refractivity contribution is 0.646. The zero-order chi connectivity index (χ0) is 37.4. The number of anilines is 3. The summed E-state index contributed by atoms with van der Waals surface area (Å²) in [4.78, 5) is 2.51. The first kappa shape index (κ1) is 32.5. The quantitative estimate of drug-likeness (QED) is 0.161. The second-order valence-electron chi connectivity index (χ2n) is 15.7. The van der Waals surface area contributed by atoms with E-state index in [4.69, 9.17) is 0 Å². The molecule has 0 heterocycles. The van der Waals surface area contributed by atoms with Crippen molar-refractivity contribution in [2.45, 2.75) is 19.3 Å². The Balaban J connectivity index is 1.21. The Morgan fingerprint density at radius 1 is 0.375 bits per heavy atom. The highest BCUT2D eigenvalue weighted by Gasteiger charge is 2.38. The Morgan fingerprint density at radius 2 is 0.929 bits per heavy atom. The summed E-state index contributed by atoms with van der Waals surface area (Å²) in [6, 6.07) is 73.9. The first-order valence-corrected chi connectivity index (χ1v) is 19.6. The fraction of sp³-hybridized carbons (Fsp3) is 0.0545. The first-order valence-electron chi connectivity index (χ1n) is 19.6. The lowest BCUT2D eigenvalue weighted by Gasteiger charge is -2.40. The van der Waals surface area contributed by atoms with E-state index in [0.717, 1.165) is 11.4 Å². The predicted molar refractivity (Wildman–Crippen MR) is 240 cm³/mol. The summed E-state index contributed by atoms with van der Waals surface area (Å²) in [6.07, 6.45) is 0. The zero-order valence-corrected chi connectivity index (χ0v) is 31.5. The lowest BCUT2D eigenvalue weighted by atomic mass is 9.66. The molecule has 0 aromatic heterocycles. The van der Waals surface area contributed by atoms with Crippen molar-refractivity contribution < 1.29 is 0 Å². The molecule has 0 amide bonds. The molecular weight excluding hydrogens is 675 g/mol. The number of nitrogens with zero attached hydrogens (tertiary/aromatic N) is 1. The van der Waals surface area contributed by atoms with Gasteiger partial charge in [0.25, 0.3) is 0 Å². The third-order valence-electron chi connectivity index (χ3n) is 12.2. The van der Waals surface area contributed by atoms with Gasteiger partial charge in [0.05, 0.1) is 5.69 Å². The van der Waals surface area contributed by atoms with E-state index in [-0.39, 0.29) is 5.41 Å². The van der Waals surface area contributed by atoms with E-state index in [1.807, 2.05) is 0 Å². The Labute approximate surface area is 327 Å². The number of hydrogen-bond donors (Lipinski definition) is 0. The van der Waals surface area contributed by atoms with Crippen LogP contribution in [0.15, 0.2) is 200 Å². The second-order valence-corrected chi connectivity index (χ2v) is 15.7. The van der Waals surface area contributed by atoms with Crippen molar-refractivity contribution in [3.63, 3.8) is 0 Å². The number of hydrogen-bond acceptors (Lipinski definition) is 1. The summed E-state index contributed by atoms with van der Waals surface area (Å²) in [6.45, 7) is 4.83. The topological polar surface area (TPSA) is 3.24 Å². The van der Waals surface area contributed by atoms with E-state index in [0.29, 0.717) is 0 Å². The summed E-state index contributed by atoms with van der Waals surface area (Å²) in [7, 11) is 0. The van der Waals surface area contributed by atoms with Gasteiger partial charge in [-0.15, -0.1) is 0 Å². The van der Waals surface area contributed by atoms with Crippen LogP contribution in [0.2, 0.25) is 0 Å². The molecule has 0 atom stereocenters. The van der Waals surface area contributed by atoms with Crippen molar-refractivity contribution in [1.29, 1.82) is 0 Å². The number of fused-ring (bicyclic) bond motifs is 8. The molecule has 0 bridgehead atoms. The second kappa shape index (κ2) is 12.5. The van der Waals surface area contributed by atoms with Gasteiger partial charge in [0.1, 0.15) is 0 Å². The number of benzene rings is 10. The molecule has 0 fully saturated rings. The molecule has 0 spiro atoms. The minimum atomic E-state index is -0.296. The maximum absolute atomic E-state index is 2.51. The van der Waals surface area contributed by atoms with Crippen LogP contribution in [0.25, 0.3) is 76.5 Å². The van der Waals surface area contributed by atoms with Crippen LogP contribution in [-0.2, 0) is 5.41 Å². The van der Waals surface area contributed by atoms with Gasteiger partial charge >= 0.3 is 0 Å². The smallest absolute Gasteiger partial charge is 0.0508 e. The lowest BCUT2D eigenvalue weighted by Crippen LogP contribution is -2.27. The van der Waals surface area contributed by atoms with Gasteiger partial charge in [0.2, 0.25) is 0 Å². The molecule has 10 aromatic carbocycles. The van der Waals surface area contributed by atoms with Gasteiger partial charge in [0.15, 0.2) is 0 Å². The molecule has 11 rings (SSSR count). The summed E-state index contributed by atoms with van der Waals surface area (Å²) < 4.78 is 0. The van der Waals surface area contributed by atoms with Crippen molar-refractivity contribution >= 4 is 60.2 Å². The number of rotatable bonds is 5. The zero-order valence-electron chi connectivity index (χ0n) is 31.5. The molecule has 1 heteroatoms.